The monoisotopic (exact) mass is 321 g/mol. The molecule has 2 atom stereocenters. The molecule has 3 heterocycles. The largest absolute Gasteiger partial charge is 0.339 e. The van der Waals surface area contributed by atoms with Crippen molar-refractivity contribution in [1.29, 1.82) is 0 Å². The third kappa shape index (κ3) is 4.08. The fraction of sp³-hybridized carbons (Fsp3) is 0.947. The van der Waals surface area contributed by atoms with Crippen LogP contribution < -0.4 is 0 Å². The van der Waals surface area contributed by atoms with Crippen molar-refractivity contribution < 1.29 is 4.79 Å². The van der Waals surface area contributed by atoms with Gasteiger partial charge in [-0.05, 0) is 71.9 Å². The molecule has 132 valence electrons. The fourth-order valence-corrected chi connectivity index (χ4v) is 4.74. The molecule has 3 aliphatic rings. The third-order valence-electron chi connectivity index (χ3n) is 6.40. The van der Waals surface area contributed by atoms with Crippen molar-refractivity contribution in [3.63, 3.8) is 0 Å². The van der Waals surface area contributed by atoms with Crippen LogP contribution in [0.25, 0.3) is 0 Å². The number of rotatable bonds is 3. The molecular weight excluding hydrogens is 286 g/mol. The quantitative estimate of drug-likeness (QED) is 0.800. The van der Waals surface area contributed by atoms with E-state index in [0.717, 1.165) is 25.7 Å². The average molecular weight is 322 g/mol. The van der Waals surface area contributed by atoms with E-state index in [1.165, 1.54) is 64.5 Å². The van der Waals surface area contributed by atoms with Gasteiger partial charge >= 0.3 is 0 Å². The van der Waals surface area contributed by atoms with Gasteiger partial charge in [-0.15, -0.1) is 0 Å². The Bertz CT molecular complexity index is 386. The molecule has 0 aliphatic carbocycles. The van der Waals surface area contributed by atoms with Crippen molar-refractivity contribution in [1.82, 2.24) is 14.7 Å². The van der Waals surface area contributed by atoms with Crippen molar-refractivity contribution in [3.8, 4) is 0 Å². The van der Waals surface area contributed by atoms with Crippen molar-refractivity contribution >= 4 is 5.91 Å². The SMILES string of the molecule is C[C@@H]1CCCCN1C(=O)[C@H](C)N1CCC(N2CCCCC2)CC1. The van der Waals surface area contributed by atoms with Crippen LogP contribution in [0.4, 0.5) is 0 Å². The number of hydrogen-bond acceptors (Lipinski definition) is 3. The van der Waals surface area contributed by atoms with E-state index >= 15 is 0 Å². The van der Waals surface area contributed by atoms with Crippen molar-refractivity contribution in [2.45, 2.75) is 83.3 Å². The normalized spacial score (nSPS) is 30.3. The lowest BCUT2D eigenvalue weighted by molar-refractivity contribution is -0.140. The second kappa shape index (κ2) is 7.98. The minimum atomic E-state index is 0.0675. The average Bonchev–Trinajstić information content (AvgIpc) is 2.62. The first-order valence-corrected chi connectivity index (χ1v) is 9.95. The predicted octanol–water partition coefficient (Wildman–Crippen LogP) is 2.73. The Balaban J connectivity index is 1.49. The Morgan fingerprint density at radius 2 is 1.52 bits per heavy atom. The topological polar surface area (TPSA) is 26.8 Å². The predicted molar refractivity (Wildman–Crippen MR) is 94.5 cm³/mol. The number of hydrogen-bond donors (Lipinski definition) is 0. The van der Waals surface area contributed by atoms with Gasteiger partial charge in [-0.25, -0.2) is 0 Å². The summed E-state index contributed by atoms with van der Waals surface area (Å²) in [7, 11) is 0. The number of carbonyl (C=O) groups excluding carboxylic acids is 1. The Morgan fingerprint density at radius 3 is 2.17 bits per heavy atom. The van der Waals surface area contributed by atoms with Gasteiger partial charge in [-0.1, -0.05) is 6.42 Å². The maximum absolute atomic E-state index is 12.9. The van der Waals surface area contributed by atoms with Gasteiger partial charge < -0.3 is 9.80 Å². The summed E-state index contributed by atoms with van der Waals surface area (Å²) in [5.74, 6) is 0.369. The lowest BCUT2D eigenvalue weighted by Crippen LogP contribution is -2.55. The lowest BCUT2D eigenvalue weighted by atomic mass is 9.98. The second-order valence-electron chi connectivity index (χ2n) is 7.92. The van der Waals surface area contributed by atoms with E-state index in [1.807, 2.05) is 0 Å². The molecule has 4 heteroatoms. The molecule has 0 radical (unpaired) electrons. The number of nitrogens with zero attached hydrogens (tertiary/aromatic N) is 3. The van der Waals surface area contributed by atoms with E-state index in [4.69, 9.17) is 0 Å². The van der Waals surface area contributed by atoms with Crippen LogP contribution in [-0.4, -0.2) is 71.5 Å². The van der Waals surface area contributed by atoms with Gasteiger partial charge in [0.15, 0.2) is 0 Å². The summed E-state index contributed by atoms with van der Waals surface area (Å²) in [5.41, 5.74) is 0. The van der Waals surface area contributed by atoms with Crippen LogP contribution in [0.15, 0.2) is 0 Å². The van der Waals surface area contributed by atoms with Gasteiger partial charge in [0.2, 0.25) is 5.91 Å². The van der Waals surface area contributed by atoms with Gasteiger partial charge in [0.25, 0.3) is 0 Å². The zero-order valence-electron chi connectivity index (χ0n) is 15.2. The highest BCUT2D eigenvalue weighted by molar-refractivity contribution is 5.81. The smallest absolute Gasteiger partial charge is 0.239 e. The Morgan fingerprint density at radius 1 is 0.870 bits per heavy atom. The Hall–Kier alpha value is -0.610. The van der Waals surface area contributed by atoms with Gasteiger partial charge in [-0.3, -0.25) is 9.69 Å². The summed E-state index contributed by atoms with van der Waals surface area (Å²) < 4.78 is 0. The van der Waals surface area contributed by atoms with Crippen LogP contribution in [0.5, 0.6) is 0 Å². The molecule has 3 saturated heterocycles. The lowest BCUT2D eigenvalue weighted by Gasteiger charge is -2.43. The zero-order valence-corrected chi connectivity index (χ0v) is 15.2. The summed E-state index contributed by atoms with van der Waals surface area (Å²) in [6.07, 6.45) is 10.3. The molecule has 1 amide bonds. The number of amides is 1. The van der Waals surface area contributed by atoms with Gasteiger partial charge in [0.05, 0.1) is 6.04 Å². The van der Waals surface area contributed by atoms with Gasteiger partial charge in [-0.2, -0.15) is 0 Å². The van der Waals surface area contributed by atoms with Crippen LogP contribution >= 0.6 is 0 Å². The van der Waals surface area contributed by atoms with Crippen LogP contribution in [-0.2, 0) is 4.79 Å². The number of piperidine rings is 3. The summed E-state index contributed by atoms with van der Waals surface area (Å²) in [6.45, 7) is 10.1. The highest BCUT2D eigenvalue weighted by atomic mass is 16.2. The van der Waals surface area contributed by atoms with E-state index in [9.17, 15) is 4.79 Å². The number of likely N-dealkylation sites (tertiary alicyclic amines) is 3. The summed E-state index contributed by atoms with van der Waals surface area (Å²) >= 11 is 0. The molecule has 3 rings (SSSR count). The summed E-state index contributed by atoms with van der Waals surface area (Å²) in [6, 6.07) is 1.27. The highest BCUT2D eigenvalue weighted by Gasteiger charge is 2.33. The second-order valence-corrected chi connectivity index (χ2v) is 7.92. The number of carbonyl (C=O) groups is 1. The first-order chi connectivity index (χ1) is 11.2. The van der Waals surface area contributed by atoms with E-state index in [1.54, 1.807) is 0 Å². The van der Waals surface area contributed by atoms with Crippen molar-refractivity contribution in [2.24, 2.45) is 0 Å². The molecule has 0 unspecified atom stereocenters. The summed E-state index contributed by atoms with van der Waals surface area (Å²) in [4.78, 5) is 20.2. The third-order valence-corrected chi connectivity index (χ3v) is 6.40. The van der Waals surface area contributed by atoms with Crippen LogP contribution in [0, 0.1) is 0 Å². The first-order valence-electron chi connectivity index (χ1n) is 9.95. The minimum Gasteiger partial charge on any atom is -0.339 e. The molecule has 3 aliphatic heterocycles. The highest BCUT2D eigenvalue weighted by Crippen LogP contribution is 2.24. The van der Waals surface area contributed by atoms with Crippen LogP contribution in [0.3, 0.4) is 0 Å². The molecule has 0 aromatic rings. The molecule has 3 fully saturated rings. The van der Waals surface area contributed by atoms with Crippen molar-refractivity contribution in [3.05, 3.63) is 0 Å². The van der Waals surface area contributed by atoms with E-state index in [2.05, 4.69) is 28.5 Å². The Labute approximate surface area is 142 Å². The molecule has 0 bridgehead atoms. The summed E-state index contributed by atoms with van der Waals surface area (Å²) in [5, 5.41) is 0. The maximum Gasteiger partial charge on any atom is 0.239 e. The van der Waals surface area contributed by atoms with Crippen molar-refractivity contribution in [2.75, 3.05) is 32.7 Å². The molecule has 0 aromatic heterocycles. The van der Waals surface area contributed by atoms with E-state index in [-0.39, 0.29) is 6.04 Å². The first kappa shape index (κ1) is 17.2. The van der Waals surface area contributed by atoms with Gasteiger partial charge in [0, 0.05) is 31.7 Å². The molecule has 23 heavy (non-hydrogen) atoms. The molecule has 0 saturated carbocycles. The van der Waals surface area contributed by atoms with E-state index in [0.29, 0.717) is 11.9 Å². The molecule has 0 spiro atoms. The molecular formula is C19H35N3O. The zero-order chi connectivity index (χ0) is 16.2. The Kier molecular flexibility index (Phi) is 5.97. The molecule has 0 N–H and O–H groups in total. The van der Waals surface area contributed by atoms with Crippen LogP contribution in [0.2, 0.25) is 0 Å². The molecule has 4 nitrogen and oxygen atoms in total. The van der Waals surface area contributed by atoms with Gasteiger partial charge in [0.1, 0.15) is 0 Å². The van der Waals surface area contributed by atoms with Crippen LogP contribution in [0.1, 0.15) is 65.2 Å². The maximum atomic E-state index is 12.9. The van der Waals surface area contributed by atoms with E-state index < -0.39 is 0 Å². The minimum absolute atomic E-state index is 0.0675. The fourth-order valence-electron chi connectivity index (χ4n) is 4.74. The standard InChI is InChI=1S/C19H35N3O/c1-16-8-4-7-13-22(16)19(23)17(2)20-14-9-18(10-15-20)21-11-5-3-6-12-21/h16-18H,3-15H2,1-2H3/t16-,17+/m1/s1. The molecule has 0 aromatic carbocycles.